The lowest BCUT2D eigenvalue weighted by Gasteiger charge is -2.35. The molecule has 0 saturated heterocycles. The molecule has 0 fully saturated rings. The highest BCUT2D eigenvalue weighted by Crippen LogP contribution is 2.19. The molecule has 1 aliphatic rings. The second-order valence-corrected chi connectivity index (χ2v) is 4.41. The van der Waals surface area contributed by atoms with Gasteiger partial charge in [-0.3, -0.25) is 4.90 Å². The number of nitrogens with zero attached hydrogens (tertiary/aromatic N) is 1. The van der Waals surface area contributed by atoms with Crippen LogP contribution in [0.1, 0.15) is 25.8 Å². The summed E-state index contributed by atoms with van der Waals surface area (Å²) in [5.74, 6) is 0. The van der Waals surface area contributed by atoms with Crippen LogP contribution in [0.3, 0.4) is 0 Å². The average Bonchev–Trinajstić information content (AvgIpc) is 2.25. The average molecular weight is 201 g/mol. The minimum atomic E-state index is 0.564. The molecule has 0 aromatic heterocycles. The van der Waals surface area contributed by atoms with Crippen molar-refractivity contribution in [3.05, 3.63) is 48.0 Å². The fourth-order valence-corrected chi connectivity index (χ4v) is 2.21. The zero-order valence-corrected chi connectivity index (χ0v) is 9.56. The van der Waals surface area contributed by atoms with Crippen LogP contribution in [0.4, 0.5) is 0 Å². The van der Waals surface area contributed by atoms with Crippen molar-refractivity contribution in [3.63, 3.8) is 0 Å². The lowest BCUT2D eigenvalue weighted by atomic mass is 10.0. The third-order valence-electron chi connectivity index (χ3n) is 3.19. The lowest BCUT2D eigenvalue weighted by molar-refractivity contribution is 0.162. The topological polar surface area (TPSA) is 3.24 Å². The van der Waals surface area contributed by atoms with Gasteiger partial charge in [0, 0.05) is 18.6 Å². The second-order valence-electron chi connectivity index (χ2n) is 4.41. The van der Waals surface area contributed by atoms with Crippen LogP contribution >= 0.6 is 0 Å². The van der Waals surface area contributed by atoms with Crippen LogP contribution in [-0.2, 0) is 6.54 Å². The van der Waals surface area contributed by atoms with Gasteiger partial charge >= 0.3 is 0 Å². The van der Waals surface area contributed by atoms with E-state index in [9.17, 15) is 0 Å². The summed E-state index contributed by atoms with van der Waals surface area (Å²) in [5, 5.41) is 0. The van der Waals surface area contributed by atoms with Gasteiger partial charge in [-0.1, -0.05) is 42.5 Å². The maximum absolute atomic E-state index is 2.55. The first kappa shape index (κ1) is 10.4. The molecule has 1 aromatic rings. The summed E-state index contributed by atoms with van der Waals surface area (Å²) < 4.78 is 0. The Balaban J connectivity index is 2.08. The predicted molar refractivity (Wildman–Crippen MR) is 64.7 cm³/mol. The fraction of sp³-hybridized carbons (Fsp3) is 0.429. The molecule has 0 spiro atoms. The Labute approximate surface area is 92.4 Å². The molecule has 0 saturated carbocycles. The molecule has 1 heterocycles. The van der Waals surface area contributed by atoms with Crippen molar-refractivity contribution in [2.75, 3.05) is 0 Å². The van der Waals surface area contributed by atoms with Gasteiger partial charge in [-0.05, 0) is 25.8 Å². The second kappa shape index (κ2) is 4.63. The Morgan fingerprint density at radius 2 is 1.93 bits per heavy atom. The van der Waals surface area contributed by atoms with Crippen LogP contribution < -0.4 is 0 Å². The van der Waals surface area contributed by atoms with Crippen molar-refractivity contribution in [2.45, 2.75) is 38.9 Å². The number of benzene rings is 1. The summed E-state index contributed by atoms with van der Waals surface area (Å²) in [7, 11) is 0. The molecule has 0 aliphatic carbocycles. The first-order valence-electron chi connectivity index (χ1n) is 5.73. The Hall–Kier alpha value is -1.08. The van der Waals surface area contributed by atoms with Gasteiger partial charge in [0.1, 0.15) is 0 Å². The third-order valence-corrected chi connectivity index (χ3v) is 3.19. The summed E-state index contributed by atoms with van der Waals surface area (Å²) in [6.45, 7) is 5.64. The van der Waals surface area contributed by atoms with E-state index in [1.165, 1.54) is 12.0 Å². The van der Waals surface area contributed by atoms with Crippen molar-refractivity contribution in [1.82, 2.24) is 4.90 Å². The highest BCUT2D eigenvalue weighted by Gasteiger charge is 2.20. The van der Waals surface area contributed by atoms with E-state index in [2.05, 4.69) is 61.2 Å². The van der Waals surface area contributed by atoms with E-state index in [-0.39, 0.29) is 0 Å². The Morgan fingerprint density at radius 3 is 2.60 bits per heavy atom. The summed E-state index contributed by atoms with van der Waals surface area (Å²) in [4.78, 5) is 2.55. The fourth-order valence-electron chi connectivity index (χ4n) is 2.21. The molecule has 0 amide bonds. The van der Waals surface area contributed by atoms with Crippen LogP contribution in [0.25, 0.3) is 0 Å². The zero-order valence-electron chi connectivity index (χ0n) is 9.56. The molecule has 0 unspecified atom stereocenters. The predicted octanol–water partition coefficient (Wildman–Crippen LogP) is 3.23. The summed E-state index contributed by atoms with van der Waals surface area (Å²) >= 11 is 0. The Bertz CT molecular complexity index is 328. The van der Waals surface area contributed by atoms with Gasteiger partial charge in [-0.25, -0.2) is 0 Å². The molecule has 0 radical (unpaired) electrons. The summed E-state index contributed by atoms with van der Waals surface area (Å²) in [6, 6.07) is 11.9. The minimum Gasteiger partial charge on any atom is -0.290 e. The van der Waals surface area contributed by atoms with Crippen LogP contribution in [-0.4, -0.2) is 17.0 Å². The first-order chi connectivity index (χ1) is 7.27. The maximum atomic E-state index is 2.55. The van der Waals surface area contributed by atoms with Gasteiger partial charge < -0.3 is 0 Å². The molecule has 2 atom stereocenters. The summed E-state index contributed by atoms with van der Waals surface area (Å²) in [6.07, 6.45) is 5.79. The highest BCUT2D eigenvalue weighted by molar-refractivity contribution is 5.15. The van der Waals surface area contributed by atoms with Gasteiger partial charge in [-0.2, -0.15) is 0 Å². The van der Waals surface area contributed by atoms with E-state index in [0.717, 1.165) is 6.54 Å². The Morgan fingerprint density at radius 1 is 1.20 bits per heavy atom. The van der Waals surface area contributed by atoms with E-state index in [0.29, 0.717) is 12.1 Å². The smallest absolute Gasteiger partial charge is 0.0256 e. The van der Waals surface area contributed by atoms with Crippen molar-refractivity contribution in [1.29, 1.82) is 0 Å². The van der Waals surface area contributed by atoms with Crippen molar-refractivity contribution in [3.8, 4) is 0 Å². The molecule has 1 aromatic carbocycles. The first-order valence-corrected chi connectivity index (χ1v) is 5.73. The van der Waals surface area contributed by atoms with Crippen LogP contribution in [0, 0.1) is 0 Å². The van der Waals surface area contributed by atoms with Gasteiger partial charge in [0.05, 0.1) is 0 Å². The number of hydrogen-bond acceptors (Lipinski definition) is 1. The molecule has 1 aliphatic heterocycles. The number of rotatable bonds is 2. The summed E-state index contributed by atoms with van der Waals surface area (Å²) in [5.41, 5.74) is 1.41. The van der Waals surface area contributed by atoms with Crippen molar-refractivity contribution < 1.29 is 0 Å². The zero-order chi connectivity index (χ0) is 10.7. The van der Waals surface area contributed by atoms with Gasteiger partial charge in [0.2, 0.25) is 0 Å². The molecular formula is C14H19N. The highest BCUT2D eigenvalue weighted by atomic mass is 15.2. The van der Waals surface area contributed by atoms with Gasteiger partial charge in [0.15, 0.2) is 0 Å². The molecule has 0 bridgehead atoms. The monoisotopic (exact) mass is 201 g/mol. The van der Waals surface area contributed by atoms with Crippen LogP contribution in [0.15, 0.2) is 42.5 Å². The molecule has 1 nitrogen and oxygen atoms in total. The number of hydrogen-bond donors (Lipinski definition) is 0. The minimum absolute atomic E-state index is 0.564. The van der Waals surface area contributed by atoms with Crippen molar-refractivity contribution >= 4 is 0 Å². The SMILES string of the molecule is C[C@H]1C=CC[C@H](C)N1Cc1ccccc1. The van der Waals surface area contributed by atoms with E-state index in [1.54, 1.807) is 0 Å². The van der Waals surface area contributed by atoms with Crippen molar-refractivity contribution in [2.24, 2.45) is 0 Å². The molecular weight excluding hydrogens is 182 g/mol. The Kier molecular flexibility index (Phi) is 3.22. The van der Waals surface area contributed by atoms with E-state index < -0.39 is 0 Å². The van der Waals surface area contributed by atoms with E-state index in [1.807, 2.05) is 0 Å². The van der Waals surface area contributed by atoms with Gasteiger partial charge in [-0.15, -0.1) is 0 Å². The van der Waals surface area contributed by atoms with Gasteiger partial charge in [0.25, 0.3) is 0 Å². The van der Waals surface area contributed by atoms with E-state index >= 15 is 0 Å². The molecule has 80 valence electrons. The molecule has 0 N–H and O–H groups in total. The maximum Gasteiger partial charge on any atom is 0.0256 e. The normalized spacial score (nSPS) is 26.8. The molecule has 2 rings (SSSR count). The third kappa shape index (κ3) is 2.48. The largest absolute Gasteiger partial charge is 0.290 e. The molecule has 1 heteroatoms. The van der Waals surface area contributed by atoms with E-state index in [4.69, 9.17) is 0 Å². The quantitative estimate of drug-likeness (QED) is 0.664. The van der Waals surface area contributed by atoms with Crippen LogP contribution in [0.5, 0.6) is 0 Å². The molecule has 15 heavy (non-hydrogen) atoms. The lowest BCUT2D eigenvalue weighted by Crippen LogP contribution is -2.40. The van der Waals surface area contributed by atoms with Crippen LogP contribution in [0.2, 0.25) is 0 Å². The standard InChI is InChI=1S/C14H19N/c1-12-7-6-8-13(2)15(12)11-14-9-4-3-5-10-14/h3-7,9-10,12-13H,8,11H2,1-2H3/t12-,13-/m0/s1.